The Morgan fingerprint density at radius 3 is 2.34 bits per heavy atom. The number of amides is 2. The molecule has 2 aromatic heterocycles. The number of carbonyl (C=O) groups is 1. The van der Waals surface area contributed by atoms with Gasteiger partial charge in [0.1, 0.15) is 11.6 Å². The van der Waals surface area contributed by atoms with Crippen LogP contribution in [0.4, 0.5) is 41.1 Å². The summed E-state index contributed by atoms with van der Waals surface area (Å²) in [7, 11) is 0. The smallest absolute Gasteiger partial charge is 0.367 e. The van der Waals surface area contributed by atoms with Crippen LogP contribution in [0.1, 0.15) is 5.56 Å². The summed E-state index contributed by atoms with van der Waals surface area (Å²) in [5.74, 6) is 1.75. The van der Waals surface area contributed by atoms with Gasteiger partial charge in [-0.1, -0.05) is 0 Å². The van der Waals surface area contributed by atoms with Crippen molar-refractivity contribution in [2.24, 2.45) is 0 Å². The number of hydrogen-bond donors (Lipinski definition) is 4. The first-order chi connectivity index (χ1) is 15.3. The van der Waals surface area contributed by atoms with Crippen LogP contribution in [0.2, 0.25) is 0 Å². The lowest BCUT2D eigenvalue weighted by molar-refractivity contribution is -0.0328. The van der Waals surface area contributed by atoms with Crippen LogP contribution in [-0.2, 0) is 0 Å². The molecule has 32 heavy (non-hydrogen) atoms. The van der Waals surface area contributed by atoms with Gasteiger partial charge in [0.15, 0.2) is 5.82 Å². The SMILES string of the molecule is Cc1ccnc(Nc2ccc(NCCNC(=O)Nc3ccc(SC(F)(F)F)cc3)nn2)c1. The van der Waals surface area contributed by atoms with Gasteiger partial charge in [-0.3, -0.25) is 0 Å². The monoisotopic (exact) mass is 463 g/mol. The van der Waals surface area contributed by atoms with Crippen molar-refractivity contribution >= 4 is 40.9 Å². The minimum atomic E-state index is -4.35. The Balaban J connectivity index is 1.37. The van der Waals surface area contributed by atoms with Gasteiger partial charge in [-0.2, -0.15) is 13.2 Å². The van der Waals surface area contributed by atoms with Crippen LogP contribution in [0, 0.1) is 6.92 Å². The summed E-state index contributed by atoms with van der Waals surface area (Å²) in [5.41, 5.74) is -2.89. The molecule has 12 heteroatoms. The van der Waals surface area contributed by atoms with Crippen molar-refractivity contribution in [3.05, 3.63) is 60.3 Å². The Morgan fingerprint density at radius 1 is 0.969 bits per heavy atom. The number of carbonyl (C=O) groups excluding carboxylic acids is 1. The molecule has 0 saturated carbocycles. The summed E-state index contributed by atoms with van der Waals surface area (Å²) >= 11 is -0.210. The zero-order chi connectivity index (χ0) is 23.0. The molecule has 3 rings (SSSR count). The van der Waals surface area contributed by atoms with E-state index in [1.165, 1.54) is 24.3 Å². The first-order valence-corrected chi connectivity index (χ1v) is 10.3. The van der Waals surface area contributed by atoms with Crippen molar-refractivity contribution in [1.82, 2.24) is 20.5 Å². The molecule has 0 spiro atoms. The highest BCUT2D eigenvalue weighted by atomic mass is 32.2. The lowest BCUT2D eigenvalue weighted by Gasteiger charge is -2.10. The maximum atomic E-state index is 12.3. The van der Waals surface area contributed by atoms with Crippen LogP contribution in [0.3, 0.4) is 0 Å². The van der Waals surface area contributed by atoms with E-state index in [0.29, 0.717) is 36.2 Å². The predicted octanol–water partition coefficient (Wildman–Crippen LogP) is 4.77. The zero-order valence-corrected chi connectivity index (χ0v) is 17.7. The van der Waals surface area contributed by atoms with Crippen LogP contribution in [0.5, 0.6) is 0 Å². The fourth-order valence-electron chi connectivity index (χ4n) is 2.51. The van der Waals surface area contributed by atoms with Gasteiger partial charge in [-0.05, 0) is 72.8 Å². The molecule has 0 aliphatic rings. The number of urea groups is 1. The molecule has 168 valence electrons. The van der Waals surface area contributed by atoms with Crippen molar-refractivity contribution in [2.45, 2.75) is 17.3 Å². The number of nitrogens with zero attached hydrogens (tertiary/aromatic N) is 3. The number of nitrogens with one attached hydrogen (secondary N) is 4. The number of alkyl halides is 3. The Labute approximate surface area is 186 Å². The molecule has 2 heterocycles. The van der Waals surface area contributed by atoms with Crippen molar-refractivity contribution in [2.75, 3.05) is 29.0 Å². The van der Waals surface area contributed by atoms with E-state index in [0.717, 1.165) is 5.56 Å². The third kappa shape index (κ3) is 7.95. The third-order valence-corrected chi connectivity index (χ3v) is 4.64. The molecule has 3 aromatic rings. The lowest BCUT2D eigenvalue weighted by atomic mass is 10.3. The highest BCUT2D eigenvalue weighted by Crippen LogP contribution is 2.37. The van der Waals surface area contributed by atoms with Gasteiger partial charge >= 0.3 is 11.5 Å². The number of aryl methyl sites for hydroxylation is 1. The summed E-state index contributed by atoms with van der Waals surface area (Å²) in [5, 5.41) is 19.4. The number of thioether (sulfide) groups is 1. The van der Waals surface area contributed by atoms with E-state index in [1.54, 1.807) is 18.3 Å². The molecular weight excluding hydrogens is 443 g/mol. The summed E-state index contributed by atoms with van der Waals surface area (Å²) in [4.78, 5) is 16.1. The average molecular weight is 463 g/mol. The molecule has 0 aliphatic heterocycles. The molecule has 0 bridgehead atoms. The maximum Gasteiger partial charge on any atom is 0.446 e. The van der Waals surface area contributed by atoms with E-state index in [1.807, 2.05) is 19.1 Å². The van der Waals surface area contributed by atoms with E-state index < -0.39 is 11.5 Å². The fourth-order valence-corrected chi connectivity index (χ4v) is 3.05. The van der Waals surface area contributed by atoms with Crippen LogP contribution in [-0.4, -0.2) is 39.8 Å². The average Bonchev–Trinajstić information content (AvgIpc) is 2.73. The first kappa shape index (κ1) is 23.1. The van der Waals surface area contributed by atoms with Gasteiger partial charge in [0, 0.05) is 29.9 Å². The Morgan fingerprint density at radius 2 is 1.69 bits per heavy atom. The first-order valence-electron chi connectivity index (χ1n) is 9.45. The van der Waals surface area contributed by atoms with Crippen LogP contribution in [0.15, 0.2) is 59.6 Å². The van der Waals surface area contributed by atoms with Gasteiger partial charge in [0.25, 0.3) is 0 Å². The van der Waals surface area contributed by atoms with Crippen molar-refractivity contribution in [3.8, 4) is 0 Å². The summed E-state index contributed by atoms with van der Waals surface area (Å²) in [6, 6.07) is 12.2. The summed E-state index contributed by atoms with van der Waals surface area (Å²) in [6.07, 6.45) is 1.70. The number of hydrogen-bond acceptors (Lipinski definition) is 7. The van der Waals surface area contributed by atoms with E-state index in [-0.39, 0.29) is 16.7 Å². The molecular formula is C20H20F3N7OS. The van der Waals surface area contributed by atoms with E-state index in [9.17, 15) is 18.0 Å². The number of anilines is 4. The van der Waals surface area contributed by atoms with Crippen molar-refractivity contribution < 1.29 is 18.0 Å². The predicted molar refractivity (Wildman–Crippen MR) is 118 cm³/mol. The molecule has 1 aromatic carbocycles. The topological polar surface area (TPSA) is 104 Å². The molecule has 0 unspecified atom stereocenters. The van der Waals surface area contributed by atoms with Gasteiger partial charge < -0.3 is 21.3 Å². The Hall–Kier alpha value is -3.54. The second-order valence-corrected chi connectivity index (χ2v) is 7.67. The molecule has 8 nitrogen and oxygen atoms in total. The maximum absolute atomic E-state index is 12.3. The highest BCUT2D eigenvalue weighted by Gasteiger charge is 2.29. The minimum absolute atomic E-state index is 0.0464. The number of rotatable bonds is 8. The number of benzene rings is 1. The minimum Gasteiger partial charge on any atom is -0.367 e. The van der Waals surface area contributed by atoms with Gasteiger partial charge in [-0.25, -0.2) is 9.78 Å². The standard InChI is InChI=1S/C20H20F3N7OS/c1-13-8-9-24-18(12-13)28-17-7-6-16(29-30-17)25-10-11-26-19(31)27-14-2-4-15(5-3-14)32-20(21,22)23/h2-9,12H,10-11H2,1H3,(H,25,29)(H,24,28,30)(H2,26,27,31). The van der Waals surface area contributed by atoms with E-state index >= 15 is 0 Å². The van der Waals surface area contributed by atoms with Crippen LogP contribution >= 0.6 is 11.8 Å². The van der Waals surface area contributed by atoms with Gasteiger partial charge in [-0.15, -0.1) is 10.2 Å². The number of pyridine rings is 1. The van der Waals surface area contributed by atoms with E-state index in [2.05, 4.69) is 36.4 Å². The van der Waals surface area contributed by atoms with Gasteiger partial charge in [0.05, 0.1) is 0 Å². The Kier molecular flexibility index (Phi) is 7.71. The number of halogens is 3. The zero-order valence-electron chi connectivity index (χ0n) is 16.9. The van der Waals surface area contributed by atoms with Crippen LogP contribution < -0.4 is 21.3 Å². The highest BCUT2D eigenvalue weighted by molar-refractivity contribution is 8.00. The largest absolute Gasteiger partial charge is 0.446 e. The second kappa shape index (κ2) is 10.7. The molecule has 0 aliphatic carbocycles. The Bertz CT molecular complexity index is 1030. The van der Waals surface area contributed by atoms with Crippen LogP contribution in [0.25, 0.3) is 0 Å². The molecule has 4 N–H and O–H groups in total. The molecule has 0 fully saturated rings. The summed E-state index contributed by atoms with van der Waals surface area (Å²) < 4.78 is 37.0. The molecule has 0 saturated heterocycles. The normalized spacial score (nSPS) is 11.0. The second-order valence-electron chi connectivity index (χ2n) is 6.53. The number of aromatic nitrogens is 3. The fraction of sp³-hybridized carbons (Fsp3) is 0.200. The van der Waals surface area contributed by atoms with Crippen molar-refractivity contribution in [3.63, 3.8) is 0 Å². The van der Waals surface area contributed by atoms with Gasteiger partial charge in [0.2, 0.25) is 0 Å². The molecule has 0 atom stereocenters. The summed E-state index contributed by atoms with van der Waals surface area (Å²) in [6.45, 7) is 2.66. The van der Waals surface area contributed by atoms with E-state index in [4.69, 9.17) is 0 Å². The molecule has 2 amide bonds. The van der Waals surface area contributed by atoms with Crippen molar-refractivity contribution in [1.29, 1.82) is 0 Å². The molecule has 0 radical (unpaired) electrons. The quantitative estimate of drug-likeness (QED) is 0.282. The third-order valence-electron chi connectivity index (χ3n) is 3.90. The lowest BCUT2D eigenvalue weighted by Crippen LogP contribution is -2.32.